The van der Waals surface area contributed by atoms with Crippen molar-refractivity contribution in [2.45, 2.75) is 30.6 Å². The molecule has 2 saturated heterocycles. The Bertz CT molecular complexity index is 757. The molecular formula is C16H22N4O4S. The van der Waals surface area contributed by atoms with Crippen LogP contribution in [0, 0.1) is 5.92 Å². The third-order valence-electron chi connectivity index (χ3n) is 4.74. The van der Waals surface area contributed by atoms with E-state index in [1.165, 1.54) is 21.3 Å². The number of carbonyl (C=O) groups excluding carboxylic acids is 2. The monoisotopic (exact) mass is 366 g/mol. The highest BCUT2D eigenvalue weighted by Gasteiger charge is 2.35. The number of anilines is 1. The van der Waals surface area contributed by atoms with Crippen molar-refractivity contribution in [1.82, 2.24) is 9.73 Å². The molecule has 25 heavy (non-hydrogen) atoms. The maximum Gasteiger partial charge on any atom is 0.243 e. The van der Waals surface area contributed by atoms with E-state index in [2.05, 4.69) is 5.43 Å². The van der Waals surface area contributed by atoms with Crippen molar-refractivity contribution in [3.63, 3.8) is 0 Å². The molecule has 8 nitrogen and oxygen atoms in total. The van der Waals surface area contributed by atoms with Gasteiger partial charge in [0.1, 0.15) is 0 Å². The highest BCUT2D eigenvalue weighted by molar-refractivity contribution is 7.89. The smallest absolute Gasteiger partial charge is 0.243 e. The molecule has 1 atom stereocenters. The number of hydrogen-bond donors (Lipinski definition) is 2. The van der Waals surface area contributed by atoms with E-state index in [9.17, 15) is 18.0 Å². The summed E-state index contributed by atoms with van der Waals surface area (Å²) in [4.78, 5) is 25.4. The maximum atomic E-state index is 12.6. The largest absolute Gasteiger partial charge is 0.312 e. The van der Waals surface area contributed by atoms with E-state index in [0.717, 1.165) is 19.3 Å². The molecule has 1 aromatic carbocycles. The van der Waals surface area contributed by atoms with Crippen LogP contribution in [0.3, 0.4) is 0 Å². The highest BCUT2D eigenvalue weighted by atomic mass is 32.2. The standard InChI is InChI=1S/C16H22N4O4S/c17-18-16(22)12-10-15(21)20(11-12)13-4-6-14(7-5-13)25(23,24)19-8-2-1-3-9-19/h4-7,12H,1-3,8-11,17H2,(H,18,22). The second kappa shape index (κ2) is 7.11. The number of hydrogen-bond acceptors (Lipinski definition) is 5. The van der Waals surface area contributed by atoms with Crippen LogP contribution in [0.15, 0.2) is 29.2 Å². The number of nitrogens with zero attached hydrogens (tertiary/aromatic N) is 2. The average molecular weight is 366 g/mol. The Kier molecular flexibility index (Phi) is 5.07. The molecule has 136 valence electrons. The molecule has 2 heterocycles. The quantitative estimate of drug-likeness (QED) is 0.449. The SMILES string of the molecule is NNC(=O)C1CC(=O)N(c2ccc(S(=O)(=O)N3CCCCC3)cc2)C1. The third kappa shape index (κ3) is 3.53. The summed E-state index contributed by atoms with van der Waals surface area (Å²) in [6, 6.07) is 6.25. The Morgan fingerprint density at radius 1 is 1.12 bits per heavy atom. The molecule has 1 unspecified atom stereocenters. The van der Waals surface area contributed by atoms with Crippen LogP contribution in [0.1, 0.15) is 25.7 Å². The molecule has 0 saturated carbocycles. The van der Waals surface area contributed by atoms with Gasteiger partial charge in [-0.05, 0) is 37.1 Å². The lowest BCUT2D eigenvalue weighted by Crippen LogP contribution is -2.37. The number of carbonyl (C=O) groups is 2. The fourth-order valence-electron chi connectivity index (χ4n) is 3.30. The van der Waals surface area contributed by atoms with E-state index >= 15 is 0 Å². The molecule has 0 bridgehead atoms. The van der Waals surface area contributed by atoms with Crippen molar-refractivity contribution in [2.24, 2.45) is 11.8 Å². The van der Waals surface area contributed by atoms with Crippen LogP contribution < -0.4 is 16.2 Å². The van der Waals surface area contributed by atoms with Crippen molar-refractivity contribution in [1.29, 1.82) is 0 Å². The van der Waals surface area contributed by atoms with Crippen molar-refractivity contribution >= 4 is 27.5 Å². The molecule has 2 amide bonds. The van der Waals surface area contributed by atoms with Gasteiger partial charge in [0, 0.05) is 31.7 Å². The Balaban J connectivity index is 1.76. The minimum Gasteiger partial charge on any atom is -0.312 e. The van der Waals surface area contributed by atoms with E-state index in [4.69, 9.17) is 5.84 Å². The molecule has 2 aliphatic rings. The van der Waals surface area contributed by atoms with Crippen molar-refractivity contribution in [3.8, 4) is 0 Å². The first-order valence-corrected chi connectivity index (χ1v) is 9.78. The van der Waals surface area contributed by atoms with Crippen LogP contribution in [-0.4, -0.2) is 44.2 Å². The molecule has 0 spiro atoms. The van der Waals surface area contributed by atoms with Crippen LogP contribution in [0.2, 0.25) is 0 Å². The van der Waals surface area contributed by atoms with Gasteiger partial charge in [-0.15, -0.1) is 0 Å². The molecule has 3 N–H and O–H groups in total. The van der Waals surface area contributed by atoms with E-state index < -0.39 is 15.9 Å². The molecule has 0 aliphatic carbocycles. The van der Waals surface area contributed by atoms with Gasteiger partial charge in [0.2, 0.25) is 21.8 Å². The summed E-state index contributed by atoms with van der Waals surface area (Å²) in [5, 5.41) is 0. The molecular weight excluding hydrogens is 344 g/mol. The first kappa shape index (κ1) is 17.8. The van der Waals surface area contributed by atoms with Gasteiger partial charge in [-0.25, -0.2) is 14.3 Å². The van der Waals surface area contributed by atoms with Gasteiger partial charge in [0.05, 0.1) is 10.8 Å². The van der Waals surface area contributed by atoms with Gasteiger partial charge in [-0.1, -0.05) is 6.42 Å². The third-order valence-corrected chi connectivity index (χ3v) is 6.65. The summed E-state index contributed by atoms with van der Waals surface area (Å²) >= 11 is 0. The number of nitrogens with two attached hydrogens (primary N) is 1. The topological polar surface area (TPSA) is 113 Å². The second-order valence-electron chi connectivity index (χ2n) is 6.37. The van der Waals surface area contributed by atoms with Gasteiger partial charge >= 0.3 is 0 Å². The normalized spacial score (nSPS) is 22.2. The fraction of sp³-hybridized carbons (Fsp3) is 0.500. The van der Waals surface area contributed by atoms with Gasteiger partial charge in [0.15, 0.2) is 0 Å². The van der Waals surface area contributed by atoms with Crippen molar-refractivity contribution < 1.29 is 18.0 Å². The Labute approximate surface area is 147 Å². The summed E-state index contributed by atoms with van der Waals surface area (Å²) in [5.41, 5.74) is 2.64. The minimum absolute atomic E-state index is 0.0941. The minimum atomic E-state index is -3.49. The van der Waals surface area contributed by atoms with E-state index in [1.54, 1.807) is 12.1 Å². The second-order valence-corrected chi connectivity index (χ2v) is 8.31. The molecule has 0 aromatic heterocycles. The number of sulfonamides is 1. The molecule has 1 aromatic rings. The fourth-order valence-corrected chi connectivity index (χ4v) is 4.82. The summed E-state index contributed by atoms with van der Waals surface area (Å²) in [5.74, 6) is 4.07. The van der Waals surface area contributed by atoms with Crippen LogP contribution in [0.5, 0.6) is 0 Å². The lowest BCUT2D eigenvalue weighted by atomic mass is 10.1. The number of amides is 2. The van der Waals surface area contributed by atoms with Crippen molar-refractivity contribution in [2.75, 3.05) is 24.5 Å². The molecule has 0 radical (unpaired) electrons. The summed E-state index contributed by atoms with van der Waals surface area (Å²) < 4.78 is 26.8. The Morgan fingerprint density at radius 2 is 1.76 bits per heavy atom. The van der Waals surface area contributed by atoms with Crippen LogP contribution in [-0.2, 0) is 19.6 Å². The summed E-state index contributed by atoms with van der Waals surface area (Å²) in [7, 11) is -3.49. The Morgan fingerprint density at radius 3 is 2.36 bits per heavy atom. The predicted molar refractivity (Wildman–Crippen MR) is 91.8 cm³/mol. The lowest BCUT2D eigenvalue weighted by molar-refractivity contribution is -0.126. The average Bonchev–Trinajstić information content (AvgIpc) is 3.03. The highest BCUT2D eigenvalue weighted by Crippen LogP contribution is 2.27. The first-order chi connectivity index (χ1) is 11.9. The number of benzene rings is 1. The van der Waals surface area contributed by atoms with Crippen molar-refractivity contribution in [3.05, 3.63) is 24.3 Å². The van der Waals surface area contributed by atoms with Gasteiger partial charge in [-0.3, -0.25) is 15.0 Å². The zero-order valence-corrected chi connectivity index (χ0v) is 14.7. The molecule has 3 rings (SSSR count). The first-order valence-electron chi connectivity index (χ1n) is 8.34. The summed E-state index contributed by atoms with van der Waals surface area (Å²) in [6.07, 6.45) is 2.91. The van der Waals surface area contributed by atoms with Gasteiger partial charge in [-0.2, -0.15) is 4.31 Å². The summed E-state index contributed by atoms with van der Waals surface area (Å²) in [6.45, 7) is 1.33. The lowest BCUT2D eigenvalue weighted by Gasteiger charge is -2.26. The maximum absolute atomic E-state index is 12.6. The number of hydrazine groups is 1. The molecule has 9 heteroatoms. The van der Waals surface area contributed by atoms with Crippen LogP contribution >= 0.6 is 0 Å². The predicted octanol–water partition coefficient (Wildman–Crippen LogP) is 0.204. The molecule has 2 fully saturated rings. The Hall–Kier alpha value is -1.97. The van der Waals surface area contributed by atoms with Crippen LogP contribution in [0.25, 0.3) is 0 Å². The van der Waals surface area contributed by atoms with E-state index in [1.807, 2.05) is 0 Å². The molecule has 2 aliphatic heterocycles. The zero-order chi connectivity index (χ0) is 18.0. The number of nitrogens with one attached hydrogen (secondary N) is 1. The number of rotatable bonds is 4. The number of piperidine rings is 1. The van der Waals surface area contributed by atoms with Crippen LogP contribution in [0.4, 0.5) is 5.69 Å². The van der Waals surface area contributed by atoms with Gasteiger partial charge in [0.25, 0.3) is 0 Å². The van der Waals surface area contributed by atoms with E-state index in [-0.39, 0.29) is 29.7 Å². The van der Waals surface area contributed by atoms with Gasteiger partial charge < -0.3 is 4.90 Å². The zero-order valence-electron chi connectivity index (χ0n) is 13.8. The van der Waals surface area contributed by atoms with E-state index in [0.29, 0.717) is 18.8 Å².